The van der Waals surface area contributed by atoms with E-state index in [0.29, 0.717) is 32.7 Å². The second-order valence-electron chi connectivity index (χ2n) is 4.36. The van der Waals surface area contributed by atoms with Gasteiger partial charge in [-0.2, -0.15) is 4.31 Å². The Hall–Kier alpha value is -0.660. The minimum atomic E-state index is -3.08. The summed E-state index contributed by atoms with van der Waals surface area (Å²) < 4.78 is 24.8. The summed E-state index contributed by atoms with van der Waals surface area (Å²) in [6.07, 6.45) is 0. The van der Waals surface area contributed by atoms with Gasteiger partial charge in [0.2, 0.25) is 15.9 Å². The van der Waals surface area contributed by atoms with Gasteiger partial charge in [-0.15, -0.1) is 0 Å². The average Bonchev–Trinajstić information content (AvgIpc) is 2.29. The Balaban J connectivity index is 2.44. The SMILES string of the molecule is CCS(=O)(=O)N1CCN(CC(=O)N(C)C)CC1. The predicted octanol–water partition coefficient (Wildman–Crippen LogP) is -0.958. The summed E-state index contributed by atoms with van der Waals surface area (Å²) in [5.74, 6) is 0.195. The molecule has 0 unspecified atom stereocenters. The standard InChI is InChI=1S/C10H21N3O3S/c1-4-17(15,16)13-7-5-12(6-8-13)9-10(14)11(2)3/h4-9H2,1-3H3. The van der Waals surface area contributed by atoms with Crippen LogP contribution in [0.2, 0.25) is 0 Å². The van der Waals surface area contributed by atoms with Crippen molar-refractivity contribution < 1.29 is 13.2 Å². The zero-order valence-electron chi connectivity index (χ0n) is 10.7. The molecule has 0 aromatic rings. The largest absolute Gasteiger partial charge is 0.348 e. The van der Waals surface area contributed by atoms with E-state index in [0.717, 1.165) is 0 Å². The van der Waals surface area contributed by atoms with E-state index in [1.165, 1.54) is 4.31 Å². The van der Waals surface area contributed by atoms with Gasteiger partial charge in [-0.05, 0) is 6.92 Å². The molecule has 17 heavy (non-hydrogen) atoms. The molecular formula is C10H21N3O3S. The van der Waals surface area contributed by atoms with Crippen molar-refractivity contribution in [2.45, 2.75) is 6.92 Å². The van der Waals surface area contributed by atoms with Gasteiger partial charge >= 0.3 is 0 Å². The normalized spacial score (nSPS) is 19.2. The third kappa shape index (κ3) is 3.93. The molecular weight excluding hydrogens is 242 g/mol. The van der Waals surface area contributed by atoms with Crippen LogP contribution in [-0.2, 0) is 14.8 Å². The highest BCUT2D eigenvalue weighted by atomic mass is 32.2. The van der Waals surface area contributed by atoms with Crippen molar-refractivity contribution in [1.29, 1.82) is 0 Å². The third-order valence-corrected chi connectivity index (χ3v) is 4.83. The van der Waals surface area contributed by atoms with Gasteiger partial charge < -0.3 is 4.90 Å². The van der Waals surface area contributed by atoms with E-state index in [9.17, 15) is 13.2 Å². The molecule has 0 bridgehead atoms. The van der Waals surface area contributed by atoms with Crippen LogP contribution >= 0.6 is 0 Å². The lowest BCUT2D eigenvalue weighted by Crippen LogP contribution is -2.51. The molecule has 1 amide bonds. The molecule has 100 valence electrons. The highest BCUT2D eigenvalue weighted by molar-refractivity contribution is 7.89. The predicted molar refractivity (Wildman–Crippen MR) is 66.2 cm³/mol. The third-order valence-electron chi connectivity index (χ3n) is 2.95. The maximum Gasteiger partial charge on any atom is 0.236 e. The van der Waals surface area contributed by atoms with Crippen LogP contribution in [-0.4, -0.2) is 81.0 Å². The van der Waals surface area contributed by atoms with Crippen LogP contribution in [0.15, 0.2) is 0 Å². The van der Waals surface area contributed by atoms with Crippen LogP contribution in [0.5, 0.6) is 0 Å². The van der Waals surface area contributed by atoms with Crippen LogP contribution in [0.3, 0.4) is 0 Å². The maximum atomic E-state index is 11.6. The maximum absolute atomic E-state index is 11.6. The molecule has 0 aromatic heterocycles. The monoisotopic (exact) mass is 263 g/mol. The fraction of sp³-hybridized carbons (Fsp3) is 0.900. The molecule has 0 aromatic carbocycles. The number of rotatable bonds is 4. The first-order chi connectivity index (χ1) is 7.86. The number of piperazine rings is 1. The summed E-state index contributed by atoms with van der Waals surface area (Å²) >= 11 is 0. The second-order valence-corrected chi connectivity index (χ2v) is 6.62. The molecule has 0 atom stereocenters. The summed E-state index contributed by atoms with van der Waals surface area (Å²) in [6.45, 7) is 4.23. The number of sulfonamides is 1. The Morgan fingerprint density at radius 1 is 1.18 bits per heavy atom. The van der Waals surface area contributed by atoms with Crippen molar-refractivity contribution in [3.8, 4) is 0 Å². The van der Waals surface area contributed by atoms with Crippen molar-refractivity contribution in [2.24, 2.45) is 0 Å². The zero-order valence-corrected chi connectivity index (χ0v) is 11.5. The van der Waals surface area contributed by atoms with Gasteiger partial charge in [0, 0.05) is 40.3 Å². The van der Waals surface area contributed by atoms with Gasteiger partial charge in [0.1, 0.15) is 0 Å². The lowest BCUT2D eigenvalue weighted by atomic mass is 10.3. The van der Waals surface area contributed by atoms with Crippen molar-refractivity contribution in [1.82, 2.24) is 14.1 Å². The minimum Gasteiger partial charge on any atom is -0.348 e. The topological polar surface area (TPSA) is 60.9 Å². The average molecular weight is 263 g/mol. The molecule has 1 heterocycles. The van der Waals surface area contributed by atoms with Gasteiger partial charge in [-0.3, -0.25) is 9.69 Å². The summed E-state index contributed by atoms with van der Waals surface area (Å²) in [4.78, 5) is 15.0. The first-order valence-corrected chi connectivity index (χ1v) is 7.38. The Morgan fingerprint density at radius 2 is 1.71 bits per heavy atom. The Kier molecular flexibility index (Phi) is 4.91. The number of carbonyl (C=O) groups excluding carboxylic acids is 1. The van der Waals surface area contributed by atoms with Crippen LogP contribution in [0, 0.1) is 0 Å². The van der Waals surface area contributed by atoms with Gasteiger partial charge in [0.25, 0.3) is 0 Å². The van der Waals surface area contributed by atoms with E-state index in [2.05, 4.69) is 0 Å². The van der Waals surface area contributed by atoms with Crippen molar-refractivity contribution in [3.63, 3.8) is 0 Å². The molecule has 1 aliphatic rings. The molecule has 1 rings (SSSR count). The van der Waals surface area contributed by atoms with E-state index >= 15 is 0 Å². The molecule has 1 aliphatic heterocycles. The zero-order chi connectivity index (χ0) is 13.1. The molecule has 0 saturated carbocycles. The second kappa shape index (κ2) is 5.79. The fourth-order valence-corrected chi connectivity index (χ4v) is 2.77. The smallest absolute Gasteiger partial charge is 0.236 e. The molecule has 7 heteroatoms. The van der Waals surface area contributed by atoms with E-state index in [-0.39, 0.29) is 11.7 Å². The number of nitrogens with zero attached hydrogens (tertiary/aromatic N) is 3. The molecule has 6 nitrogen and oxygen atoms in total. The number of hydrogen-bond acceptors (Lipinski definition) is 4. The van der Waals surface area contributed by atoms with Gasteiger partial charge in [-0.1, -0.05) is 0 Å². The van der Waals surface area contributed by atoms with Crippen molar-refractivity contribution in [2.75, 3.05) is 52.6 Å². The number of hydrogen-bond donors (Lipinski definition) is 0. The Morgan fingerprint density at radius 3 is 2.12 bits per heavy atom. The van der Waals surface area contributed by atoms with Gasteiger partial charge in [0.05, 0.1) is 12.3 Å². The lowest BCUT2D eigenvalue weighted by molar-refractivity contribution is -0.130. The first-order valence-electron chi connectivity index (χ1n) is 5.77. The highest BCUT2D eigenvalue weighted by Gasteiger charge is 2.26. The molecule has 0 spiro atoms. The molecule has 1 fully saturated rings. The van der Waals surface area contributed by atoms with E-state index in [1.807, 2.05) is 4.90 Å². The molecule has 1 saturated heterocycles. The van der Waals surface area contributed by atoms with Crippen LogP contribution in [0.25, 0.3) is 0 Å². The van der Waals surface area contributed by atoms with Gasteiger partial charge in [0.15, 0.2) is 0 Å². The van der Waals surface area contributed by atoms with Crippen LogP contribution in [0.1, 0.15) is 6.92 Å². The number of amides is 1. The van der Waals surface area contributed by atoms with E-state index in [1.54, 1.807) is 25.9 Å². The number of likely N-dealkylation sites (N-methyl/N-ethyl adjacent to an activating group) is 1. The van der Waals surface area contributed by atoms with Crippen LogP contribution < -0.4 is 0 Å². The van der Waals surface area contributed by atoms with Crippen molar-refractivity contribution in [3.05, 3.63) is 0 Å². The summed E-state index contributed by atoms with van der Waals surface area (Å²) in [5.41, 5.74) is 0. The van der Waals surface area contributed by atoms with E-state index < -0.39 is 10.0 Å². The minimum absolute atomic E-state index is 0.0526. The molecule has 0 aliphatic carbocycles. The number of carbonyl (C=O) groups is 1. The quantitative estimate of drug-likeness (QED) is 0.655. The molecule has 0 N–H and O–H groups in total. The summed E-state index contributed by atoms with van der Waals surface area (Å²) in [5, 5.41) is 0. The van der Waals surface area contributed by atoms with E-state index in [4.69, 9.17) is 0 Å². The fourth-order valence-electron chi connectivity index (χ4n) is 1.68. The first kappa shape index (κ1) is 14.4. The van der Waals surface area contributed by atoms with Crippen molar-refractivity contribution >= 4 is 15.9 Å². The Labute approximate surface area is 103 Å². The summed E-state index contributed by atoms with van der Waals surface area (Å²) in [7, 11) is 0.367. The summed E-state index contributed by atoms with van der Waals surface area (Å²) in [6, 6.07) is 0. The van der Waals surface area contributed by atoms with Gasteiger partial charge in [-0.25, -0.2) is 8.42 Å². The highest BCUT2D eigenvalue weighted by Crippen LogP contribution is 2.07. The van der Waals surface area contributed by atoms with Crippen LogP contribution in [0.4, 0.5) is 0 Å². The lowest BCUT2D eigenvalue weighted by Gasteiger charge is -2.33. The molecule has 0 radical (unpaired) electrons. The Bertz CT molecular complexity index is 359.